The Bertz CT molecular complexity index is 740. The third-order valence-electron chi connectivity index (χ3n) is 3.76. The summed E-state index contributed by atoms with van der Waals surface area (Å²) in [6.07, 6.45) is 0. The minimum Gasteiger partial charge on any atom is -0.245 e. The Labute approximate surface area is 113 Å². The van der Waals surface area contributed by atoms with Crippen LogP contribution >= 0.6 is 0 Å². The molecule has 0 fully saturated rings. The zero-order chi connectivity index (χ0) is 13.6. The number of fused-ring (bicyclic) bond motifs is 2. The van der Waals surface area contributed by atoms with Gasteiger partial charge in [0.1, 0.15) is 9.73 Å². The van der Waals surface area contributed by atoms with Crippen LogP contribution in [0.2, 0.25) is 0 Å². The summed E-state index contributed by atoms with van der Waals surface area (Å²) in [5, 5.41) is 0. The molecule has 19 heavy (non-hydrogen) atoms. The van der Waals surface area contributed by atoms with Crippen LogP contribution in [0.15, 0.2) is 58.3 Å². The van der Waals surface area contributed by atoms with Crippen molar-refractivity contribution in [2.75, 3.05) is 0 Å². The van der Waals surface area contributed by atoms with Crippen LogP contribution < -0.4 is 0 Å². The Morgan fingerprint density at radius 3 is 1.58 bits per heavy atom. The second-order valence-electron chi connectivity index (χ2n) is 4.80. The van der Waals surface area contributed by atoms with E-state index in [0.717, 1.165) is 22.3 Å². The van der Waals surface area contributed by atoms with Gasteiger partial charge in [-0.3, -0.25) is 0 Å². The van der Waals surface area contributed by atoms with Crippen molar-refractivity contribution in [2.24, 2.45) is 0 Å². The van der Waals surface area contributed by atoms with Gasteiger partial charge in [-0.15, -0.1) is 0 Å². The third-order valence-corrected chi connectivity index (χ3v) is 5.71. The fourth-order valence-electron chi connectivity index (χ4n) is 2.58. The van der Waals surface area contributed by atoms with Crippen LogP contribution in [-0.2, 0) is 9.73 Å². The predicted molar refractivity (Wildman–Crippen MR) is 78.4 cm³/mol. The second kappa shape index (κ2) is 4.07. The summed E-state index contributed by atoms with van der Waals surface area (Å²) in [6, 6.07) is 15.1. The van der Waals surface area contributed by atoms with E-state index in [0.29, 0.717) is 9.79 Å². The third kappa shape index (κ3) is 1.65. The van der Waals surface area contributed by atoms with Crippen LogP contribution in [0.3, 0.4) is 0 Å². The smallest absolute Gasteiger partial charge is 0.102 e. The number of hydrogen-bond acceptors (Lipinski definition) is 2. The van der Waals surface area contributed by atoms with Crippen molar-refractivity contribution in [1.82, 2.24) is 0 Å². The lowest BCUT2D eigenvalue weighted by molar-refractivity contribution is 0.674. The van der Waals surface area contributed by atoms with Crippen molar-refractivity contribution in [1.29, 1.82) is 4.78 Å². The van der Waals surface area contributed by atoms with Crippen LogP contribution in [-0.4, -0.2) is 4.21 Å². The molecular weight excluding hydrogens is 254 g/mol. The Balaban J connectivity index is 2.54. The van der Waals surface area contributed by atoms with Crippen molar-refractivity contribution in [2.45, 2.75) is 23.6 Å². The molecule has 1 N–H and O–H groups in total. The first kappa shape index (κ1) is 12.2. The maximum Gasteiger partial charge on any atom is 0.102 e. The zero-order valence-electron chi connectivity index (χ0n) is 10.9. The van der Waals surface area contributed by atoms with Gasteiger partial charge in [-0.05, 0) is 48.3 Å². The van der Waals surface area contributed by atoms with Crippen molar-refractivity contribution in [3.05, 3.63) is 59.7 Å². The van der Waals surface area contributed by atoms with Crippen molar-refractivity contribution in [3.8, 4) is 0 Å². The summed E-state index contributed by atoms with van der Waals surface area (Å²) in [5.41, 5.74) is 4.05. The van der Waals surface area contributed by atoms with Gasteiger partial charge in [0.05, 0.1) is 9.79 Å². The maximum atomic E-state index is 13.0. The SMILES string of the molecule is CC1=C(C)c2ccccc2S(=N)(=O)c2ccccc21. The Morgan fingerprint density at radius 2 is 1.16 bits per heavy atom. The number of benzene rings is 2. The van der Waals surface area contributed by atoms with Crippen molar-refractivity contribution < 1.29 is 4.21 Å². The molecule has 2 nitrogen and oxygen atoms in total. The highest BCUT2D eigenvalue weighted by atomic mass is 32.2. The molecule has 0 amide bonds. The van der Waals surface area contributed by atoms with Gasteiger partial charge in [0.25, 0.3) is 0 Å². The Hall–Kier alpha value is -1.87. The highest BCUT2D eigenvalue weighted by molar-refractivity contribution is 7.92. The van der Waals surface area contributed by atoms with E-state index in [9.17, 15) is 4.21 Å². The highest BCUT2D eigenvalue weighted by Gasteiger charge is 2.25. The molecule has 0 atom stereocenters. The van der Waals surface area contributed by atoms with E-state index in [1.54, 1.807) is 0 Å². The highest BCUT2D eigenvalue weighted by Crippen LogP contribution is 2.39. The lowest BCUT2D eigenvalue weighted by atomic mass is 9.97. The van der Waals surface area contributed by atoms with Gasteiger partial charge in [-0.25, -0.2) is 8.99 Å². The predicted octanol–water partition coefficient (Wildman–Crippen LogP) is 4.42. The lowest BCUT2D eigenvalue weighted by Crippen LogP contribution is -2.02. The van der Waals surface area contributed by atoms with E-state index < -0.39 is 9.73 Å². The van der Waals surface area contributed by atoms with Crippen molar-refractivity contribution >= 4 is 20.9 Å². The molecule has 0 unspecified atom stereocenters. The Morgan fingerprint density at radius 1 is 0.789 bits per heavy atom. The van der Waals surface area contributed by atoms with Crippen molar-refractivity contribution in [3.63, 3.8) is 0 Å². The molecule has 1 heterocycles. The average Bonchev–Trinajstić information content (AvgIpc) is 2.50. The molecule has 2 aromatic rings. The van der Waals surface area contributed by atoms with E-state index in [1.807, 2.05) is 62.4 Å². The van der Waals surface area contributed by atoms with Gasteiger partial charge >= 0.3 is 0 Å². The summed E-state index contributed by atoms with van der Waals surface area (Å²) in [4.78, 5) is 1.24. The summed E-state index contributed by atoms with van der Waals surface area (Å²) in [5.74, 6) is 0. The molecule has 0 saturated carbocycles. The zero-order valence-corrected chi connectivity index (χ0v) is 11.8. The molecule has 3 heteroatoms. The number of nitrogens with one attached hydrogen (secondary N) is 1. The molecule has 0 radical (unpaired) electrons. The van der Waals surface area contributed by atoms with Gasteiger partial charge in [-0.2, -0.15) is 0 Å². The second-order valence-corrected chi connectivity index (χ2v) is 6.79. The number of rotatable bonds is 0. The standard InChI is InChI=1S/C16H15NOS/c1-11-12(2)14-8-4-6-10-16(14)19(17,18)15-9-5-3-7-13(11)15/h3-10,17H,1-2H3. The lowest BCUT2D eigenvalue weighted by Gasteiger charge is -2.11. The van der Waals surface area contributed by atoms with Gasteiger partial charge in [-0.1, -0.05) is 36.4 Å². The fourth-order valence-corrected chi connectivity index (χ4v) is 4.42. The first-order valence-corrected chi connectivity index (χ1v) is 7.74. The van der Waals surface area contributed by atoms with E-state index in [1.165, 1.54) is 0 Å². The maximum absolute atomic E-state index is 13.0. The topological polar surface area (TPSA) is 40.9 Å². The molecule has 1 aliphatic rings. The molecule has 2 aromatic carbocycles. The van der Waals surface area contributed by atoms with E-state index >= 15 is 0 Å². The van der Waals surface area contributed by atoms with Gasteiger partial charge < -0.3 is 0 Å². The molecule has 0 spiro atoms. The summed E-state index contributed by atoms with van der Waals surface area (Å²) in [7, 11) is -2.95. The first-order valence-electron chi connectivity index (χ1n) is 6.18. The minimum absolute atomic E-state index is 0.622. The quantitative estimate of drug-likeness (QED) is 0.756. The number of hydrogen-bond donors (Lipinski definition) is 1. The molecule has 0 saturated heterocycles. The molecule has 0 aromatic heterocycles. The van der Waals surface area contributed by atoms with Gasteiger partial charge in [0.2, 0.25) is 0 Å². The fraction of sp³-hybridized carbons (Fsp3) is 0.125. The van der Waals surface area contributed by atoms with Crippen LogP contribution in [0.4, 0.5) is 0 Å². The molecule has 0 aliphatic carbocycles. The molecule has 1 aliphatic heterocycles. The Kier molecular flexibility index (Phi) is 2.61. The molecule has 96 valence electrons. The minimum atomic E-state index is -2.95. The summed E-state index contributed by atoms with van der Waals surface area (Å²) < 4.78 is 21.4. The van der Waals surface area contributed by atoms with E-state index in [4.69, 9.17) is 4.78 Å². The number of allylic oxidation sites excluding steroid dienone is 2. The molecular formula is C16H15NOS. The summed E-state index contributed by atoms with van der Waals surface area (Å²) >= 11 is 0. The first-order chi connectivity index (χ1) is 9.03. The molecule has 0 bridgehead atoms. The summed E-state index contributed by atoms with van der Waals surface area (Å²) in [6.45, 7) is 4.07. The monoisotopic (exact) mass is 269 g/mol. The van der Waals surface area contributed by atoms with Crippen LogP contribution in [0.5, 0.6) is 0 Å². The van der Waals surface area contributed by atoms with Crippen LogP contribution in [0.1, 0.15) is 25.0 Å². The molecule has 3 rings (SSSR count). The van der Waals surface area contributed by atoms with Crippen LogP contribution in [0, 0.1) is 4.78 Å². The van der Waals surface area contributed by atoms with Gasteiger partial charge in [0, 0.05) is 0 Å². The van der Waals surface area contributed by atoms with Gasteiger partial charge in [0.15, 0.2) is 0 Å². The van der Waals surface area contributed by atoms with E-state index in [-0.39, 0.29) is 0 Å². The van der Waals surface area contributed by atoms with E-state index in [2.05, 4.69) is 0 Å². The normalized spacial score (nSPS) is 16.5. The van der Waals surface area contributed by atoms with Crippen LogP contribution in [0.25, 0.3) is 11.1 Å². The largest absolute Gasteiger partial charge is 0.245 e. The average molecular weight is 269 g/mol.